The van der Waals surface area contributed by atoms with Crippen LogP contribution in [0.15, 0.2) is 0 Å². The van der Waals surface area contributed by atoms with Crippen LogP contribution in [0.25, 0.3) is 0 Å². The third-order valence-corrected chi connectivity index (χ3v) is 2.35. The fourth-order valence-corrected chi connectivity index (χ4v) is 1.69. The second-order valence-corrected chi connectivity index (χ2v) is 4.89. The highest BCUT2D eigenvalue weighted by Gasteiger charge is 2.15. The summed E-state index contributed by atoms with van der Waals surface area (Å²) in [6.07, 6.45) is 5.50. The number of hydrogen-bond acceptors (Lipinski definition) is 0. The molecule has 1 nitrogen and oxygen atoms in total. The second-order valence-electron chi connectivity index (χ2n) is 4.89. The van der Waals surface area contributed by atoms with Crippen LogP contribution in [0.1, 0.15) is 39.5 Å². The van der Waals surface area contributed by atoms with Crippen LogP contribution in [0.4, 0.5) is 0 Å². The molecular formula is C11H26ClN. The number of quaternary nitrogens is 1. The Hall–Kier alpha value is 0.250. The molecule has 1 atom stereocenters. The fraction of sp³-hybridized carbons (Fsp3) is 1.00. The predicted octanol–water partition coefficient (Wildman–Crippen LogP) is -0.0870. The second kappa shape index (κ2) is 7.64. The van der Waals surface area contributed by atoms with Crippen molar-refractivity contribution >= 4 is 0 Å². The van der Waals surface area contributed by atoms with Gasteiger partial charge in [-0.25, -0.2) is 0 Å². The Kier molecular flexibility index (Phi) is 9.23. The van der Waals surface area contributed by atoms with Gasteiger partial charge in [-0.15, -0.1) is 0 Å². The van der Waals surface area contributed by atoms with Gasteiger partial charge >= 0.3 is 0 Å². The van der Waals surface area contributed by atoms with E-state index in [1.165, 1.54) is 32.2 Å². The lowest BCUT2D eigenvalue weighted by molar-refractivity contribution is -0.874. The molecule has 0 heterocycles. The Bertz CT molecular complexity index is 107. The first-order chi connectivity index (χ1) is 5.49. The highest BCUT2D eigenvalue weighted by molar-refractivity contribution is 4.55. The molecule has 0 aromatic rings. The molecule has 0 bridgehead atoms. The van der Waals surface area contributed by atoms with Crippen LogP contribution in [-0.4, -0.2) is 32.2 Å². The summed E-state index contributed by atoms with van der Waals surface area (Å²) < 4.78 is 1.11. The first-order valence-corrected chi connectivity index (χ1v) is 5.30. The number of unbranched alkanes of at least 4 members (excludes halogenated alkanes) is 1. The van der Waals surface area contributed by atoms with Crippen molar-refractivity contribution in [3.8, 4) is 0 Å². The lowest BCUT2D eigenvalue weighted by atomic mass is 9.98. The van der Waals surface area contributed by atoms with Crippen LogP contribution in [-0.2, 0) is 0 Å². The lowest BCUT2D eigenvalue weighted by Crippen LogP contribution is -3.00. The quantitative estimate of drug-likeness (QED) is 0.535. The molecule has 0 spiro atoms. The molecular weight excluding hydrogens is 182 g/mol. The Morgan fingerprint density at radius 1 is 1.08 bits per heavy atom. The minimum Gasteiger partial charge on any atom is -1.00 e. The van der Waals surface area contributed by atoms with E-state index in [4.69, 9.17) is 0 Å². The van der Waals surface area contributed by atoms with Crippen LogP contribution >= 0.6 is 0 Å². The van der Waals surface area contributed by atoms with E-state index in [9.17, 15) is 0 Å². The zero-order chi connectivity index (χ0) is 9.61. The first kappa shape index (κ1) is 15.7. The zero-order valence-corrected chi connectivity index (χ0v) is 10.7. The van der Waals surface area contributed by atoms with Gasteiger partial charge < -0.3 is 16.9 Å². The van der Waals surface area contributed by atoms with Gasteiger partial charge in [0, 0.05) is 5.92 Å². The smallest absolute Gasteiger partial charge is 0.0808 e. The van der Waals surface area contributed by atoms with Crippen molar-refractivity contribution in [2.45, 2.75) is 39.5 Å². The first-order valence-electron chi connectivity index (χ1n) is 5.30. The van der Waals surface area contributed by atoms with Gasteiger partial charge in [0.25, 0.3) is 0 Å². The van der Waals surface area contributed by atoms with E-state index in [0.29, 0.717) is 0 Å². The maximum atomic E-state index is 2.32. The molecule has 0 rings (SSSR count). The van der Waals surface area contributed by atoms with Crippen molar-refractivity contribution in [2.75, 3.05) is 27.7 Å². The van der Waals surface area contributed by atoms with E-state index in [2.05, 4.69) is 35.0 Å². The topological polar surface area (TPSA) is 0 Å². The Morgan fingerprint density at radius 3 is 1.92 bits per heavy atom. The highest BCUT2D eigenvalue weighted by Crippen LogP contribution is 2.15. The summed E-state index contributed by atoms with van der Waals surface area (Å²) >= 11 is 0. The standard InChI is InChI=1S/C11H26N.ClH/c1-6-8-9-11(7-2)10-12(3,4)5;/h11H,6-10H2,1-5H3;1H/q+1;/p-1. The van der Waals surface area contributed by atoms with E-state index in [0.717, 1.165) is 10.4 Å². The molecule has 2 heteroatoms. The molecule has 1 unspecified atom stereocenters. The number of hydrogen-bond donors (Lipinski definition) is 0. The van der Waals surface area contributed by atoms with Crippen molar-refractivity contribution in [3.05, 3.63) is 0 Å². The van der Waals surface area contributed by atoms with Gasteiger partial charge in [0.15, 0.2) is 0 Å². The fourth-order valence-electron chi connectivity index (χ4n) is 1.69. The number of halogens is 1. The Labute approximate surface area is 90.5 Å². The van der Waals surface area contributed by atoms with Crippen LogP contribution < -0.4 is 12.4 Å². The summed E-state index contributed by atoms with van der Waals surface area (Å²) in [5.41, 5.74) is 0. The van der Waals surface area contributed by atoms with Gasteiger partial charge in [0.2, 0.25) is 0 Å². The summed E-state index contributed by atoms with van der Waals surface area (Å²) in [7, 11) is 6.86. The highest BCUT2D eigenvalue weighted by atomic mass is 35.5. The van der Waals surface area contributed by atoms with Crippen LogP contribution in [0, 0.1) is 5.92 Å². The van der Waals surface area contributed by atoms with Crippen molar-refractivity contribution in [3.63, 3.8) is 0 Å². The SMILES string of the molecule is CCCCC(CC)C[N+](C)(C)C.[Cl-]. The molecule has 0 fully saturated rings. The van der Waals surface area contributed by atoms with Gasteiger partial charge in [-0.05, 0) is 12.8 Å². The summed E-state index contributed by atoms with van der Waals surface area (Å²) in [5, 5.41) is 0. The monoisotopic (exact) mass is 207 g/mol. The van der Waals surface area contributed by atoms with Gasteiger partial charge in [-0.3, -0.25) is 0 Å². The van der Waals surface area contributed by atoms with Crippen molar-refractivity contribution < 1.29 is 16.9 Å². The Morgan fingerprint density at radius 2 is 1.62 bits per heavy atom. The molecule has 0 radical (unpaired) electrons. The summed E-state index contributed by atoms with van der Waals surface area (Å²) in [6, 6.07) is 0. The Balaban J connectivity index is 0. The lowest BCUT2D eigenvalue weighted by Gasteiger charge is -2.28. The van der Waals surface area contributed by atoms with Crippen LogP contribution in [0.5, 0.6) is 0 Å². The van der Waals surface area contributed by atoms with Gasteiger partial charge in [-0.2, -0.15) is 0 Å². The van der Waals surface area contributed by atoms with Crippen LogP contribution in [0.3, 0.4) is 0 Å². The minimum atomic E-state index is 0. The van der Waals surface area contributed by atoms with Gasteiger partial charge in [0.05, 0.1) is 27.7 Å². The van der Waals surface area contributed by atoms with E-state index in [1.54, 1.807) is 0 Å². The predicted molar refractivity (Wildman–Crippen MR) is 56.2 cm³/mol. The van der Waals surface area contributed by atoms with E-state index in [-0.39, 0.29) is 12.4 Å². The van der Waals surface area contributed by atoms with Crippen LogP contribution in [0.2, 0.25) is 0 Å². The number of rotatable bonds is 6. The molecule has 0 aliphatic carbocycles. The maximum Gasteiger partial charge on any atom is 0.0808 e. The molecule has 82 valence electrons. The molecule has 0 aromatic carbocycles. The van der Waals surface area contributed by atoms with Gasteiger partial charge in [0.1, 0.15) is 0 Å². The molecule has 0 aliphatic heterocycles. The van der Waals surface area contributed by atoms with Crippen molar-refractivity contribution in [2.24, 2.45) is 5.92 Å². The maximum absolute atomic E-state index is 2.32. The largest absolute Gasteiger partial charge is 1.00 e. The zero-order valence-electron chi connectivity index (χ0n) is 9.94. The summed E-state index contributed by atoms with van der Waals surface area (Å²) in [4.78, 5) is 0. The molecule has 0 aliphatic rings. The summed E-state index contributed by atoms with van der Waals surface area (Å²) in [5.74, 6) is 0.935. The number of nitrogens with zero attached hydrogens (tertiary/aromatic N) is 1. The molecule has 0 aromatic heterocycles. The average molecular weight is 208 g/mol. The summed E-state index contributed by atoms with van der Waals surface area (Å²) in [6.45, 7) is 5.92. The molecule has 0 amide bonds. The minimum absolute atomic E-state index is 0. The van der Waals surface area contributed by atoms with Crippen molar-refractivity contribution in [1.29, 1.82) is 0 Å². The van der Waals surface area contributed by atoms with E-state index < -0.39 is 0 Å². The van der Waals surface area contributed by atoms with Gasteiger partial charge in [-0.1, -0.05) is 26.7 Å². The molecule has 0 saturated heterocycles. The van der Waals surface area contributed by atoms with Crippen molar-refractivity contribution in [1.82, 2.24) is 0 Å². The average Bonchev–Trinajstić information content (AvgIpc) is 1.95. The molecule has 0 N–H and O–H groups in total. The third-order valence-electron chi connectivity index (χ3n) is 2.35. The van der Waals surface area contributed by atoms with E-state index in [1.807, 2.05) is 0 Å². The molecule has 0 saturated carbocycles. The normalized spacial score (nSPS) is 13.6. The van der Waals surface area contributed by atoms with E-state index >= 15 is 0 Å². The molecule has 13 heavy (non-hydrogen) atoms. The third kappa shape index (κ3) is 10.2.